The summed E-state index contributed by atoms with van der Waals surface area (Å²) in [5, 5.41) is 0. The summed E-state index contributed by atoms with van der Waals surface area (Å²) in [6.07, 6.45) is 3.80. The molecule has 32 heavy (non-hydrogen) atoms. The smallest absolute Gasteiger partial charge is 0.321 e. The van der Waals surface area contributed by atoms with Crippen molar-refractivity contribution in [1.29, 1.82) is 0 Å². The predicted octanol–water partition coefficient (Wildman–Crippen LogP) is 2.55. The minimum atomic E-state index is -1.29. The first-order valence-corrected chi connectivity index (χ1v) is 10.4. The maximum absolute atomic E-state index is 13.9. The molecule has 1 fully saturated rings. The van der Waals surface area contributed by atoms with Gasteiger partial charge in [-0.25, -0.2) is 0 Å². The SMILES string of the molecule is COC(=O)[C@@]12C[C@H]3C=C[C@@]1(O3)N(Cc1ccc(OC)cc1)C(=O)c1cc3c(cc12)OCO3. The predicted molar refractivity (Wildman–Crippen MR) is 110 cm³/mol. The van der Waals surface area contributed by atoms with Crippen molar-refractivity contribution in [2.45, 2.75) is 30.2 Å². The number of rotatable bonds is 4. The third-order valence-corrected chi connectivity index (χ3v) is 6.87. The van der Waals surface area contributed by atoms with E-state index in [-0.39, 0.29) is 25.3 Å². The molecular weight excluding hydrogens is 414 g/mol. The van der Waals surface area contributed by atoms with Crippen LogP contribution in [0.25, 0.3) is 0 Å². The quantitative estimate of drug-likeness (QED) is 0.539. The van der Waals surface area contributed by atoms with E-state index < -0.39 is 17.1 Å². The highest BCUT2D eigenvalue weighted by Crippen LogP contribution is 2.60. The Hall–Kier alpha value is -3.52. The van der Waals surface area contributed by atoms with E-state index in [1.807, 2.05) is 36.4 Å². The molecule has 2 bridgehead atoms. The number of carbonyl (C=O) groups is 2. The number of carbonyl (C=O) groups excluding carboxylic acids is 2. The van der Waals surface area contributed by atoms with Crippen molar-refractivity contribution < 1.29 is 33.3 Å². The second-order valence-corrected chi connectivity index (χ2v) is 8.30. The van der Waals surface area contributed by atoms with Crippen LogP contribution in [-0.4, -0.2) is 49.6 Å². The molecule has 8 heteroatoms. The molecule has 0 radical (unpaired) electrons. The van der Waals surface area contributed by atoms with Crippen molar-refractivity contribution in [3.05, 3.63) is 65.2 Å². The third-order valence-electron chi connectivity index (χ3n) is 6.87. The first kappa shape index (κ1) is 19.2. The van der Waals surface area contributed by atoms with E-state index in [2.05, 4.69) is 0 Å². The van der Waals surface area contributed by atoms with Gasteiger partial charge in [-0.15, -0.1) is 0 Å². The van der Waals surface area contributed by atoms with Crippen LogP contribution >= 0.6 is 0 Å². The molecule has 0 N–H and O–H groups in total. The van der Waals surface area contributed by atoms with Crippen molar-refractivity contribution >= 4 is 11.9 Å². The van der Waals surface area contributed by atoms with Crippen LogP contribution in [0.5, 0.6) is 17.2 Å². The average Bonchev–Trinajstić information content (AvgIpc) is 3.54. The van der Waals surface area contributed by atoms with Crippen molar-refractivity contribution in [2.75, 3.05) is 21.0 Å². The molecule has 4 aliphatic rings. The van der Waals surface area contributed by atoms with E-state index in [1.54, 1.807) is 24.1 Å². The van der Waals surface area contributed by atoms with Crippen LogP contribution in [0.1, 0.15) is 27.9 Å². The molecule has 6 rings (SSSR count). The van der Waals surface area contributed by atoms with Gasteiger partial charge in [0.05, 0.1) is 20.3 Å². The minimum Gasteiger partial charge on any atom is -0.497 e. The molecule has 4 aliphatic heterocycles. The first-order chi connectivity index (χ1) is 15.5. The maximum atomic E-state index is 13.9. The van der Waals surface area contributed by atoms with Gasteiger partial charge >= 0.3 is 5.97 Å². The average molecular weight is 435 g/mol. The Morgan fingerprint density at radius 3 is 2.59 bits per heavy atom. The summed E-state index contributed by atoms with van der Waals surface area (Å²) in [6.45, 7) is 0.309. The third kappa shape index (κ3) is 2.25. The molecule has 0 saturated carbocycles. The Balaban J connectivity index is 1.56. The van der Waals surface area contributed by atoms with Gasteiger partial charge in [0, 0.05) is 18.5 Å². The molecule has 1 saturated heterocycles. The fourth-order valence-corrected chi connectivity index (χ4v) is 5.42. The molecule has 1 amide bonds. The second-order valence-electron chi connectivity index (χ2n) is 8.30. The highest BCUT2D eigenvalue weighted by molar-refractivity contribution is 6.04. The Labute approximate surface area is 184 Å². The van der Waals surface area contributed by atoms with E-state index in [4.69, 9.17) is 23.7 Å². The molecule has 3 atom stereocenters. The number of fused-ring (bicyclic) bond motifs is 4. The topological polar surface area (TPSA) is 83.5 Å². The summed E-state index contributed by atoms with van der Waals surface area (Å²) in [7, 11) is 2.96. The van der Waals surface area contributed by atoms with E-state index in [0.29, 0.717) is 29.0 Å². The van der Waals surface area contributed by atoms with E-state index >= 15 is 0 Å². The van der Waals surface area contributed by atoms with E-state index in [9.17, 15) is 9.59 Å². The lowest BCUT2D eigenvalue weighted by atomic mass is 9.63. The number of nitrogens with zero attached hydrogens (tertiary/aromatic N) is 1. The zero-order valence-electron chi connectivity index (χ0n) is 17.6. The standard InChI is InChI=1S/C24H21NO7/c1-28-15-5-3-14(4-6-15)12-25-21(26)17-9-19-20(31-13-30-19)10-18(17)23(22(27)29-2)11-16-7-8-24(23,25)32-16/h3-10,16H,11-13H2,1-2H3/t16-,23+,24+/m1/s1. The fraction of sp³-hybridized carbons (Fsp3) is 0.333. The van der Waals surface area contributed by atoms with Gasteiger partial charge in [-0.3, -0.25) is 9.59 Å². The molecule has 0 aromatic heterocycles. The Morgan fingerprint density at radius 1 is 1.16 bits per heavy atom. The zero-order valence-corrected chi connectivity index (χ0v) is 17.6. The molecular formula is C24H21NO7. The van der Waals surface area contributed by atoms with Crippen LogP contribution < -0.4 is 14.2 Å². The van der Waals surface area contributed by atoms with Crippen LogP contribution in [0.4, 0.5) is 0 Å². The fourth-order valence-electron chi connectivity index (χ4n) is 5.42. The highest BCUT2D eigenvalue weighted by atomic mass is 16.7. The number of amides is 1. The van der Waals surface area contributed by atoms with Gasteiger partial charge in [0.1, 0.15) is 11.2 Å². The summed E-state index contributed by atoms with van der Waals surface area (Å²) in [5.41, 5.74) is -0.677. The number of hydrogen-bond donors (Lipinski definition) is 0. The number of ether oxygens (including phenoxy) is 5. The van der Waals surface area contributed by atoms with Crippen molar-refractivity contribution in [2.24, 2.45) is 0 Å². The summed E-state index contributed by atoms with van der Waals surface area (Å²) >= 11 is 0. The van der Waals surface area contributed by atoms with Gasteiger partial charge < -0.3 is 28.6 Å². The minimum absolute atomic E-state index is 0.0668. The normalized spacial score (nSPS) is 28.5. The van der Waals surface area contributed by atoms with Crippen molar-refractivity contribution in [1.82, 2.24) is 4.90 Å². The zero-order chi connectivity index (χ0) is 22.1. The maximum Gasteiger partial charge on any atom is 0.321 e. The Bertz CT molecular complexity index is 1170. The number of esters is 1. The van der Waals surface area contributed by atoms with Gasteiger partial charge in [0.25, 0.3) is 5.91 Å². The molecule has 1 spiro atoms. The lowest BCUT2D eigenvalue weighted by Crippen LogP contribution is -2.67. The van der Waals surface area contributed by atoms with Crippen molar-refractivity contribution in [3.63, 3.8) is 0 Å². The van der Waals surface area contributed by atoms with Gasteiger partial charge in [-0.2, -0.15) is 0 Å². The van der Waals surface area contributed by atoms with Crippen molar-refractivity contribution in [3.8, 4) is 17.2 Å². The summed E-state index contributed by atoms with van der Waals surface area (Å²) in [6, 6.07) is 10.9. The lowest BCUT2D eigenvalue weighted by molar-refractivity contribution is -0.165. The summed E-state index contributed by atoms with van der Waals surface area (Å²) in [4.78, 5) is 28.9. The lowest BCUT2D eigenvalue weighted by Gasteiger charge is -2.51. The largest absolute Gasteiger partial charge is 0.497 e. The number of hydrogen-bond acceptors (Lipinski definition) is 7. The molecule has 4 heterocycles. The second kappa shape index (κ2) is 6.49. The number of benzene rings is 2. The van der Waals surface area contributed by atoms with Gasteiger partial charge in [0.2, 0.25) is 6.79 Å². The Morgan fingerprint density at radius 2 is 1.91 bits per heavy atom. The van der Waals surface area contributed by atoms with Crippen LogP contribution in [0, 0.1) is 0 Å². The molecule has 2 aromatic rings. The van der Waals surface area contributed by atoms with E-state index in [0.717, 1.165) is 11.3 Å². The molecule has 164 valence electrons. The summed E-state index contributed by atoms with van der Waals surface area (Å²) < 4.78 is 28.0. The van der Waals surface area contributed by atoms with Crippen LogP contribution in [-0.2, 0) is 26.2 Å². The van der Waals surface area contributed by atoms with Crippen LogP contribution in [0.15, 0.2) is 48.6 Å². The molecule has 2 aromatic carbocycles. The monoisotopic (exact) mass is 435 g/mol. The Kier molecular flexibility index (Phi) is 3.89. The van der Waals surface area contributed by atoms with E-state index in [1.165, 1.54) is 7.11 Å². The highest BCUT2D eigenvalue weighted by Gasteiger charge is 2.73. The number of methoxy groups -OCH3 is 2. The van der Waals surface area contributed by atoms with Crippen LogP contribution in [0.2, 0.25) is 0 Å². The van der Waals surface area contributed by atoms with Gasteiger partial charge in [-0.1, -0.05) is 18.2 Å². The molecule has 0 aliphatic carbocycles. The molecule has 8 nitrogen and oxygen atoms in total. The van der Waals surface area contributed by atoms with Gasteiger partial charge in [-0.05, 0) is 41.5 Å². The molecule has 0 unspecified atom stereocenters. The first-order valence-electron chi connectivity index (χ1n) is 10.4. The van der Waals surface area contributed by atoms with Gasteiger partial charge in [0.15, 0.2) is 17.2 Å². The van der Waals surface area contributed by atoms with Crippen LogP contribution in [0.3, 0.4) is 0 Å². The summed E-state index contributed by atoms with van der Waals surface area (Å²) in [5.74, 6) is 1.01.